The smallest absolute Gasteiger partial charge is 0.338 e. The predicted octanol–water partition coefficient (Wildman–Crippen LogP) is 2.16. The number of carbonyl (C=O) groups is 3. The van der Waals surface area contributed by atoms with Gasteiger partial charge in [-0.1, -0.05) is 36.4 Å². The molecule has 2 aromatic carbocycles. The summed E-state index contributed by atoms with van der Waals surface area (Å²) in [5, 5.41) is 0. The van der Waals surface area contributed by atoms with Crippen LogP contribution in [0.2, 0.25) is 0 Å². The summed E-state index contributed by atoms with van der Waals surface area (Å²) in [5.74, 6) is -0.897. The van der Waals surface area contributed by atoms with E-state index in [1.54, 1.807) is 48.5 Å². The number of carbonyl (C=O) groups excluding carboxylic acids is 3. The summed E-state index contributed by atoms with van der Waals surface area (Å²) in [4.78, 5) is 34.8. The molecule has 0 bridgehead atoms. The zero-order valence-electron chi connectivity index (χ0n) is 17.7. The molecule has 2 N–H and O–H groups in total. The molecule has 0 spiro atoms. The van der Waals surface area contributed by atoms with Gasteiger partial charge in [-0.3, -0.25) is 4.79 Å². The van der Waals surface area contributed by atoms with E-state index >= 15 is 0 Å². The molecular formula is C24H27NO7. The van der Waals surface area contributed by atoms with Gasteiger partial charge in [0.05, 0.1) is 30.9 Å². The molecule has 2 aliphatic rings. The Labute approximate surface area is 186 Å². The highest BCUT2D eigenvalue weighted by atomic mass is 16.6. The van der Waals surface area contributed by atoms with Crippen molar-refractivity contribution in [2.45, 2.75) is 31.1 Å². The van der Waals surface area contributed by atoms with E-state index in [1.807, 2.05) is 12.1 Å². The predicted molar refractivity (Wildman–Crippen MR) is 115 cm³/mol. The second-order valence-corrected chi connectivity index (χ2v) is 7.39. The van der Waals surface area contributed by atoms with E-state index in [1.165, 1.54) is 0 Å². The van der Waals surface area contributed by atoms with Gasteiger partial charge in [0, 0.05) is 19.1 Å². The van der Waals surface area contributed by atoms with Crippen LogP contribution in [-0.4, -0.2) is 62.4 Å². The molecule has 32 heavy (non-hydrogen) atoms. The normalized spacial score (nSPS) is 22.8. The first-order chi connectivity index (χ1) is 15.5. The van der Waals surface area contributed by atoms with Gasteiger partial charge in [-0.25, -0.2) is 9.59 Å². The SMILES string of the molecule is N[C@H]1CCOC[C@H]1OC(=O)c1ccccc1.O=C(O[C@@H]1COCCC1=O)c1ccccc1. The van der Waals surface area contributed by atoms with E-state index in [0.29, 0.717) is 37.4 Å². The summed E-state index contributed by atoms with van der Waals surface area (Å²) in [6, 6.07) is 17.4. The molecule has 0 aromatic heterocycles. The zero-order valence-corrected chi connectivity index (χ0v) is 17.7. The Morgan fingerprint density at radius 3 is 1.94 bits per heavy atom. The fraction of sp³-hybridized carbons (Fsp3) is 0.375. The van der Waals surface area contributed by atoms with Crippen LogP contribution < -0.4 is 5.73 Å². The van der Waals surface area contributed by atoms with E-state index in [0.717, 1.165) is 6.42 Å². The molecule has 0 saturated carbocycles. The van der Waals surface area contributed by atoms with Gasteiger partial charge < -0.3 is 24.7 Å². The lowest BCUT2D eigenvalue weighted by Crippen LogP contribution is -2.45. The van der Waals surface area contributed by atoms with Crippen LogP contribution in [0, 0.1) is 0 Å². The summed E-state index contributed by atoms with van der Waals surface area (Å²) in [5.41, 5.74) is 6.84. The molecule has 2 aliphatic heterocycles. The van der Waals surface area contributed by atoms with E-state index in [-0.39, 0.29) is 30.5 Å². The second kappa shape index (κ2) is 12.1. The quantitative estimate of drug-likeness (QED) is 0.718. The molecule has 8 heteroatoms. The van der Waals surface area contributed by atoms with Gasteiger partial charge in [0.1, 0.15) is 6.10 Å². The van der Waals surface area contributed by atoms with Crippen LogP contribution in [0.1, 0.15) is 33.6 Å². The standard InChI is InChI=1S/C12H15NO3.C12H12O4/c2*13-10-6-7-15-8-11(10)16-12(14)9-4-2-1-3-5-9/h1-5,10-11H,6-8,13H2;1-5,11H,6-8H2/t10-,11+;11-/m01/s1. The molecule has 0 aliphatic carbocycles. The van der Waals surface area contributed by atoms with Crippen LogP contribution in [0.5, 0.6) is 0 Å². The maximum atomic E-state index is 11.7. The molecule has 0 radical (unpaired) electrons. The third-order valence-electron chi connectivity index (χ3n) is 5.00. The Bertz CT molecular complexity index is 888. The topological polar surface area (TPSA) is 114 Å². The van der Waals surface area contributed by atoms with Gasteiger partial charge in [-0.05, 0) is 30.7 Å². The summed E-state index contributed by atoms with van der Waals surface area (Å²) in [6.07, 6.45) is -0.0395. The first-order valence-corrected chi connectivity index (χ1v) is 10.5. The molecule has 0 unspecified atom stereocenters. The molecule has 8 nitrogen and oxygen atoms in total. The maximum absolute atomic E-state index is 11.7. The number of hydrogen-bond acceptors (Lipinski definition) is 8. The van der Waals surface area contributed by atoms with Crippen molar-refractivity contribution in [1.82, 2.24) is 0 Å². The Hall–Kier alpha value is -3.07. The first kappa shape index (κ1) is 23.6. The zero-order chi connectivity index (χ0) is 22.8. The van der Waals surface area contributed by atoms with Crippen LogP contribution in [0.15, 0.2) is 60.7 Å². The third-order valence-corrected chi connectivity index (χ3v) is 5.00. The highest BCUT2D eigenvalue weighted by molar-refractivity contribution is 5.93. The lowest BCUT2D eigenvalue weighted by Gasteiger charge is -2.28. The lowest BCUT2D eigenvalue weighted by atomic mass is 10.1. The van der Waals surface area contributed by atoms with Crippen LogP contribution in [0.4, 0.5) is 0 Å². The molecule has 2 saturated heterocycles. The average Bonchev–Trinajstić information content (AvgIpc) is 2.83. The van der Waals surface area contributed by atoms with Gasteiger partial charge in [-0.2, -0.15) is 0 Å². The third kappa shape index (κ3) is 6.98. The van der Waals surface area contributed by atoms with Crippen LogP contribution in [-0.2, 0) is 23.7 Å². The summed E-state index contributed by atoms with van der Waals surface area (Å²) in [6.45, 7) is 1.61. The number of rotatable bonds is 4. The Balaban J connectivity index is 0.000000181. The van der Waals surface area contributed by atoms with Crippen molar-refractivity contribution in [1.29, 1.82) is 0 Å². The molecular weight excluding hydrogens is 414 g/mol. The van der Waals surface area contributed by atoms with Crippen LogP contribution in [0.3, 0.4) is 0 Å². The number of ether oxygens (including phenoxy) is 4. The number of ketones is 1. The van der Waals surface area contributed by atoms with Crippen molar-refractivity contribution < 1.29 is 33.3 Å². The molecule has 2 aromatic rings. The van der Waals surface area contributed by atoms with Gasteiger partial charge in [0.15, 0.2) is 11.9 Å². The number of Topliss-reactive ketones (excluding diaryl/α,β-unsaturated/α-hetero) is 1. The molecule has 4 rings (SSSR count). The minimum absolute atomic E-state index is 0.0736. The first-order valence-electron chi connectivity index (χ1n) is 10.5. The minimum atomic E-state index is -0.749. The minimum Gasteiger partial charge on any atom is -0.455 e. The van der Waals surface area contributed by atoms with Crippen LogP contribution >= 0.6 is 0 Å². The number of nitrogens with two attached hydrogens (primary N) is 1. The monoisotopic (exact) mass is 441 g/mol. The fourth-order valence-electron chi connectivity index (χ4n) is 3.12. The molecule has 170 valence electrons. The fourth-order valence-corrected chi connectivity index (χ4v) is 3.12. The lowest BCUT2D eigenvalue weighted by molar-refractivity contribution is -0.137. The van der Waals surface area contributed by atoms with Crippen molar-refractivity contribution in [2.24, 2.45) is 5.73 Å². The van der Waals surface area contributed by atoms with Crippen molar-refractivity contribution in [3.63, 3.8) is 0 Å². The van der Waals surface area contributed by atoms with E-state index in [4.69, 9.17) is 24.7 Å². The van der Waals surface area contributed by atoms with Crippen molar-refractivity contribution in [2.75, 3.05) is 26.4 Å². The van der Waals surface area contributed by atoms with Gasteiger partial charge >= 0.3 is 11.9 Å². The Morgan fingerprint density at radius 1 is 0.812 bits per heavy atom. The van der Waals surface area contributed by atoms with E-state index < -0.39 is 12.1 Å². The van der Waals surface area contributed by atoms with Crippen molar-refractivity contribution >= 4 is 17.7 Å². The average molecular weight is 441 g/mol. The van der Waals surface area contributed by atoms with Gasteiger partial charge in [-0.15, -0.1) is 0 Å². The Morgan fingerprint density at radius 2 is 1.38 bits per heavy atom. The molecule has 2 heterocycles. The van der Waals surface area contributed by atoms with Crippen LogP contribution in [0.25, 0.3) is 0 Å². The number of benzene rings is 2. The molecule has 2 fully saturated rings. The molecule has 3 atom stereocenters. The van der Waals surface area contributed by atoms with E-state index in [2.05, 4.69) is 0 Å². The molecule has 0 amide bonds. The maximum Gasteiger partial charge on any atom is 0.338 e. The van der Waals surface area contributed by atoms with Gasteiger partial charge in [0.2, 0.25) is 0 Å². The second-order valence-electron chi connectivity index (χ2n) is 7.39. The van der Waals surface area contributed by atoms with Crippen molar-refractivity contribution in [3.05, 3.63) is 71.8 Å². The highest BCUT2D eigenvalue weighted by Crippen LogP contribution is 2.12. The highest BCUT2D eigenvalue weighted by Gasteiger charge is 2.27. The summed E-state index contributed by atoms with van der Waals surface area (Å²) < 4.78 is 20.7. The van der Waals surface area contributed by atoms with Gasteiger partial charge in [0.25, 0.3) is 0 Å². The van der Waals surface area contributed by atoms with Crippen molar-refractivity contribution in [3.8, 4) is 0 Å². The summed E-state index contributed by atoms with van der Waals surface area (Å²) in [7, 11) is 0. The number of esters is 2. The van der Waals surface area contributed by atoms with E-state index in [9.17, 15) is 14.4 Å². The Kier molecular flexibility index (Phi) is 8.91. The summed E-state index contributed by atoms with van der Waals surface area (Å²) >= 11 is 0. The number of hydrogen-bond donors (Lipinski definition) is 1. The largest absolute Gasteiger partial charge is 0.455 e.